The normalized spacial score (nSPS) is 16.5. The smallest absolute Gasteiger partial charge is 0.255 e. The van der Waals surface area contributed by atoms with Gasteiger partial charge in [0.05, 0.1) is 5.56 Å². The highest BCUT2D eigenvalue weighted by molar-refractivity contribution is 14.1. The number of nitrogens with zero attached hydrogens (tertiary/aromatic N) is 2. The second-order valence-electron chi connectivity index (χ2n) is 4.83. The first-order valence-corrected chi connectivity index (χ1v) is 7.37. The largest absolute Gasteiger partial charge is 0.344 e. The van der Waals surface area contributed by atoms with E-state index in [1.807, 2.05) is 25.1 Å². The van der Waals surface area contributed by atoms with Crippen LogP contribution in [0.4, 0.5) is 0 Å². The predicted molar refractivity (Wildman–Crippen MR) is 82.1 cm³/mol. The third kappa shape index (κ3) is 3.08. The summed E-state index contributed by atoms with van der Waals surface area (Å²) in [7, 11) is 1.78. The van der Waals surface area contributed by atoms with E-state index in [1.54, 1.807) is 16.8 Å². The Bertz CT molecular complexity index is 516. The van der Waals surface area contributed by atoms with Gasteiger partial charge in [0, 0.05) is 23.7 Å². The second kappa shape index (κ2) is 5.90. The van der Waals surface area contributed by atoms with E-state index in [0.717, 1.165) is 15.6 Å². The molecule has 1 heterocycles. The molecule has 0 spiro atoms. The average molecular weight is 372 g/mol. The van der Waals surface area contributed by atoms with Crippen LogP contribution in [0.2, 0.25) is 0 Å². The molecule has 1 aromatic rings. The summed E-state index contributed by atoms with van der Waals surface area (Å²) in [5, 5.41) is 0. The maximum atomic E-state index is 12.5. The standard InChI is InChI=1S/C14H17IN2O2/c1-10-5-3-6-11(13(10)15)14(19)17-8-4-7-16(2)12(18)9-17/h3,5-6H,4,7-9H2,1-2H3. The fourth-order valence-electron chi connectivity index (χ4n) is 2.14. The average Bonchev–Trinajstić information content (AvgIpc) is 2.55. The molecule has 0 saturated carbocycles. The van der Waals surface area contributed by atoms with Gasteiger partial charge in [0.25, 0.3) is 5.91 Å². The molecule has 2 amide bonds. The highest BCUT2D eigenvalue weighted by Crippen LogP contribution is 2.19. The van der Waals surface area contributed by atoms with E-state index in [9.17, 15) is 9.59 Å². The third-order valence-electron chi connectivity index (χ3n) is 3.38. The molecular formula is C14H17IN2O2. The zero-order chi connectivity index (χ0) is 14.0. The van der Waals surface area contributed by atoms with E-state index in [2.05, 4.69) is 22.6 Å². The maximum absolute atomic E-state index is 12.5. The van der Waals surface area contributed by atoms with Gasteiger partial charge in [0.15, 0.2) is 0 Å². The van der Waals surface area contributed by atoms with Gasteiger partial charge in [-0.1, -0.05) is 12.1 Å². The first-order chi connectivity index (χ1) is 9.00. The van der Waals surface area contributed by atoms with Crippen molar-refractivity contribution in [3.05, 3.63) is 32.9 Å². The predicted octanol–water partition coefficient (Wildman–Crippen LogP) is 1.90. The Kier molecular flexibility index (Phi) is 4.44. The minimum atomic E-state index is -0.0447. The molecular weight excluding hydrogens is 355 g/mol. The Morgan fingerprint density at radius 1 is 1.32 bits per heavy atom. The van der Waals surface area contributed by atoms with E-state index in [1.165, 1.54) is 0 Å². The van der Waals surface area contributed by atoms with Crippen LogP contribution >= 0.6 is 22.6 Å². The van der Waals surface area contributed by atoms with Gasteiger partial charge < -0.3 is 9.80 Å². The molecule has 2 rings (SSSR count). The number of amides is 2. The first-order valence-electron chi connectivity index (χ1n) is 6.29. The Morgan fingerprint density at radius 2 is 2.05 bits per heavy atom. The van der Waals surface area contributed by atoms with Gasteiger partial charge in [-0.15, -0.1) is 0 Å². The van der Waals surface area contributed by atoms with Crippen molar-refractivity contribution >= 4 is 34.4 Å². The number of aryl methyl sites for hydroxylation is 1. The lowest BCUT2D eigenvalue weighted by Crippen LogP contribution is -2.38. The van der Waals surface area contributed by atoms with Crippen LogP contribution in [0.3, 0.4) is 0 Å². The molecule has 102 valence electrons. The van der Waals surface area contributed by atoms with Crippen LogP contribution in [0.15, 0.2) is 18.2 Å². The molecule has 5 heteroatoms. The van der Waals surface area contributed by atoms with Gasteiger partial charge in [0.2, 0.25) is 5.91 Å². The molecule has 19 heavy (non-hydrogen) atoms. The van der Waals surface area contributed by atoms with Crippen LogP contribution in [-0.2, 0) is 4.79 Å². The van der Waals surface area contributed by atoms with Crippen LogP contribution in [0.5, 0.6) is 0 Å². The van der Waals surface area contributed by atoms with Crippen molar-refractivity contribution in [1.82, 2.24) is 9.80 Å². The number of hydrogen-bond donors (Lipinski definition) is 0. The van der Waals surface area contributed by atoms with Gasteiger partial charge in [-0.05, 0) is 47.6 Å². The summed E-state index contributed by atoms with van der Waals surface area (Å²) >= 11 is 2.19. The van der Waals surface area contributed by atoms with Crippen LogP contribution in [0.25, 0.3) is 0 Å². The number of benzene rings is 1. The Hall–Kier alpha value is -1.11. The molecule has 0 bridgehead atoms. The molecule has 0 aliphatic carbocycles. The molecule has 0 unspecified atom stereocenters. The van der Waals surface area contributed by atoms with Crippen molar-refractivity contribution in [3.8, 4) is 0 Å². The minimum absolute atomic E-state index is 0.00788. The van der Waals surface area contributed by atoms with E-state index in [0.29, 0.717) is 18.7 Å². The lowest BCUT2D eigenvalue weighted by molar-refractivity contribution is -0.129. The SMILES string of the molecule is Cc1cccc(C(=O)N2CCCN(C)C(=O)C2)c1I. The van der Waals surface area contributed by atoms with Crippen LogP contribution in [0, 0.1) is 10.5 Å². The molecule has 1 fully saturated rings. The van der Waals surface area contributed by atoms with Gasteiger partial charge in [0.1, 0.15) is 6.54 Å². The summed E-state index contributed by atoms with van der Waals surface area (Å²) in [6.45, 7) is 3.52. The highest BCUT2D eigenvalue weighted by Gasteiger charge is 2.24. The summed E-state index contributed by atoms with van der Waals surface area (Å²) in [4.78, 5) is 27.7. The quantitative estimate of drug-likeness (QED) is 0.707. The zero-order valence-electron chi connectivity index (χ0n) is 11.1. The first kappa shape index (κ1) is 14.3. The number of rotatable bonds is 1. The van der Waals surface area contributed by atoms with Crippen LogP contribution < -0.4 is 0 Å². The molecule has 0 N–H and O–H groups in total. The molecule has 0 radical (unpaired) electrons. The van der Waals surface area contributed by atoms with Crippen LogP contribution in [-0.4, -0.2) is 48.3 Å². The minimum Gasteiger partial charge on any atom is -0.344 e. The van der Waals surface area contributed by atoms with Crippen molar-refractivity contribution in [3.63, 3.8) is 0 Å². The molecule has 0 aromatic heterocycles. The van der Waals surface area contributed by atoms with Crippen molar-refractivity contribution in [2.45, 2.75) is 13.3 Å². The van der Waals surface area contributed by atoms with Gasteiger partial charge in [-0.25, -0.2) is 0 Å². The van der Waals surface area contributed by atoms with Crippen molar-refractivity contribution in [1.29, 1.82) is 0 Å². The zero-order valence-corrected chi connectivity index (χ0v) is 13.3. The lowest BCUT2D eigenvalue weighted by Gasteiger charge is -2.20. The fourth-order valence-corrected chi connectivity index (χ4v) is 2.73. The molecule has 1 saturated heterocycles. The van der Waals surface area contributed by atoms with E-state index in [4.69, 9.17) is 0 Å². The molecule has 0 atom stereocenters. The Labute approximate surface area is 126 Å². The van der Waals surface area contributed by atoms with Crippen molar-refractivity contribution < 1.29 is 9.59 Å². The van der Waals surface area contributed by atoms with Crippen molar-refractivity contribution in [2.24, 2.45) is 0 Å². The topological polar surface area (TPSA) is 40.6 Å². The number of carbonyl (C=O) groups excluding carboxylic acids is 2. The van der Waals surface area contributed by atoms with Gasteiger partial charge in [-0.3, -0.25) is 9.59 Å². The number of halogens is 1. The van der Waals surface area contributed by atoms with Crippen molar-refractivity contribution in [2.75, 3.05) is 26.7 Å². The summed E-state index contributed by atoms with van der Waals surface area (Å²) in [6, 6.07) is 5.70. The van der Waals surface area contributed by atoms with Gasteiger partial charge >= 0.3 is 0 Å². The van der Waals surface area contributed by atoms with E-state index < -0.39 is 0 Å². The number of hydrogen-bond acceptors (Lipinski definition) is 2. The molecule has 4 nitrogen and oxygen atoms in total. The summed E-state index contributed by atoms with van der Waals surface area (Å²) in [5.41, 5.74) is 1.78. The monoisotopic (exact) mass is 372 g/mol. The Balaban J connectivity index is 2.24. The highest BCUT2D eigenvalue weighted by atomic mass is 127. The lowest BCUT2D eigenvalue weighted by atomic mass is 10.1. The van der Waals surface area contributed by atoms with Gasteiger partial charge in [-0.2, -0.15) is 0 Å². The summed E-state index contributed by atoms with van der Waals surface area (Å²) < 4.78 is 0.968. The molecule has 1 aromatic carbocycles. The molecule has 1 aliphatic heterocycles. The van der Waals surface area contributed by atoms with Crippen LogP contribution in [0.1, 0.15) is 22.3 Å². The third-order valence-corrected chi connectivity index (χ3v) is 4.81. The number of carbonyl (C=O) groups is 2. The van der Waals surface area contributed by atoms with E-state index >= 15 is 0 Å². The fraction of sp³-hybridized carbons (Fsp3) is 0.429. The maximum Gasteiger partial charge on any atom is 0.255 e. The van der Waals surface area contributed by atoms with E-state index in [-0.39, 0.29) is 18.4 Å². The summed E-state index contributed by atoms with van der Waals surface area (Å²) in [6.07, 6.45) is 0.830. The number of likely N-dealkylation sites (N-methyl/N-ethyl adjacent to an activating group) is 1. The summed E-state index contributed by atoms with van der Waals surface area (Å²) in [5.74, 6) is -0.0368. The Morgan fingerprint density at radius 3 is 2.79 bits per heavy atom. The second-order valence-corrected chi connectivity index (χ2v) is 5.91. The molecule has 1 aliphatic rings.